The van der Waals surface area contributed by atoms with Crippen molar-refractivity contribution in [1.82, 2.24) is 4.90 Å². The Balaban J connectivity index is 1.62. The topological polar surface area (TPSA) is 69.6 Å². The Kier molecular flexibility index (Phi) is 4.28. The monoisotopic (exact) mass is 310 g/mol. The summed E-state index contributed by atoms with van der Waals surface area (Å²) in [5.74, 6) is -0.867. The first-order valence-corrected chi connectivity index (χ1v) is 7.55. The van der Waals surface area contributed by atoms with Gasteiger partial charge in [-0.3, -0.25) is 4.79 Å². The number of nitrogens with one attached hydrogen (secondary N) is 1. The molecule has 0 bridgehead atoms. The maximum absolute atomic E-state index is 12.4. The molecule has 0 radical (unpaired) electrons. The molecule has 2 amide bonds. The van der Waals surface area contributed by atoms with Crippen LogP contribution in [0.1, 0.15) is 16.7 Å². The molecule has 2 N–H and O–H groups in total. The molecule has 0 aliphatic carbocycles. The Hall–Kier alpha value is -2.82. The van der Waals surface area contributed by atoms with Crippen molar-refractivity contribution < 1.29 is 14.7 Å². The smallest absolute Gasteiger partial charge is 0.322 e. The van der Waals surface area contributed by atoms with E-state index in [0.29, 0.717) is 24.3 Å². The van der Waals surface area contributed by atoms with Crippen LogP contribution in [0, 0.1) is 0 Å². The van der Waals surface area contributed by atoms with Crippen molar-refractivity contribution in [1.29, 1.82) is 0 Å². The number of rotatable bonds is 3. The molecular weight excluding hydrogens is 292 g/mol. The van der Waals surface area contributed by atoms with E-state index >= 15 is 0 Å². The molecule has 118 valence electrons. The number of hydrogen-bond acceptors (Lipinski definition) is 2. The number of aliphatic carboxylic acids is 1. The largest absolute Gasteiger partial charge is 0.481 e. The van der Waals surface area contributed by atoms with E-state index in [0.717, 1.165) is 6.42 Å². The zero-order valence-electron chi connectivity index (χ0n) is 12.7. The lowest BCUT2D eigenvalue weighted by atomic mass is 10.0. The number of carbonyl (C=O) groups excluding carboxylic acids is 1. The van der Waals surface area contributed by atoms with Gasteiger partial charge in [0.05, 0.1) is 6.42 Å². The minimum Gasteiger partial charge on any atom is -0.481 e. The predicted molar refractivity (Wildman–Crippen MR) is 87.4 cm³/mol. The van der Waals surface area contributed by atoms with E-state index in [4.69, 9.17) is 5.11 Å². The predicted octanol–water partition coefficient (Wildman–Crippen LogP) is 2.90. The lowest BCUT2D eigenvalue weighted by molar-refractivity contribution is -0.136. The molecule has 0 fully saturated rings. The number of nitrogens with zero attached hydrogens (tertiary/aromatic N) is 1. The molecule has 23 heavy (non-hydrogen) atoms. The number of anilines is 1. The van der Waals surface area contributed by atoms with Gasteiger partial charge in [-0.1, -0.05) is 36.4 Å². The molecule has 3 rings (SSSR count). The second kappa shape index (κ2) is 6.52. The summed E-state index contributed by atoms with van der Waals surface area (Å²) < 4.78 is 0. The Bertz CT molecular complexity index is 725. The summed E-state index contributed by atoms with van der Waals surface area (Å²) in [7, 11) is 0. The quantitative estimate of drug-likeness (QED) is 0.916. The molecule has 1 heterocycles. The highest BCUT2D eigenvalue weighted by Crippen LogP contribution is 2.19. The van der Waals surface area contributed by atoms with Crippen LogP contribution < -0.4 is 5.32 Å². The molecule has 5 nitrogen and oxygen atoms in total. The summed E-state index contributed by atoms with van der Waals surface area (Å²) in [6.07, 6.45) is 0.846. The number of hydrogen-bond donors (Lipinski definition) is 2. The fourth-order valence-corrected chi connectivity index (χ4v) is 2.75. The van der Waals surface area contributed by atoms with E-state index in [1.807, 2.05) is 12.1 Å². The van der Waals surface area contributed by atoms with Gasteiger partial charge in [0.15, 0.2) is 0 Å². The third-order valence-corrected chi connectivity index (χ3v) is 3.98. The average molecular weight is 310 g/mol. The Labute approximate surface area is 134 Å². The first kappa shape index (κ1) is 15.1. The minimum atomic E-state index is -0.867. The Morgan fingerprint density at radius 2 is 1.74 bits per heavy atom. The first-order chi connectivity index (χ1) is 11.1. The molecule has 1 aliphatic heterocycles. The van der Waals surface area contributed by atoms with Crippen LogP contribution in [0.2, 0.25) is 0 Å². The molecule has 0 saturated carbocycles. The zero-order chi connectivity index (χ0) is 16.2. The van der Waals surface area contributed by atoms with Crippen LogP contribution in [0.25, 0.3) is 0 Å². The molecule has 2 aromatic carbocycles. The van der Waals surface area contributed by atoms with E-state index in [-0.39, 0.29) is 12.5 Å². The highest BCUT2D eigenvalue weighted by Gasteiger charge is 2.20. The molecule has 2 aromatic rings. The number of carboxylic acid groups (broad SMARTS) is 1. The summed E-state index contributed by atoms with van der Waals surface area (Å²) in [5, 5.41) is 11.6. The van der Waals surface area contributed by atoms with E-state index < -0.39 is 5.97 Å². The fourth-order valence-electron chi connectivity index (χ4n) is 2.75. The van der Waals surface area contributed by atoms with E-state index in [9.17, 15) is 9.59 Å². The third kappa shape index (κ3) is 3.69. The highest BCUT2D eigenvalue weighted by molar-refractivity contribution is 5.89. The molecule has 0 saturated heterocycles. The van der Waals surface area contributed by atoms with Crippen LogP contribution >= 0.6 is 0 Å². The van der Waals surface area contributed by atoms with Gasteiger partial charge in [-0.05, 0) is 35.2 Å². The second-order valence-corrected chi connectivity index (χ2v) is 5.64. The average Bonchev–Trinajstić information content (AvgIpc) is 2.55. The molecule has 0 atom stereocenters. The maximum atomic E-state index is 12.4. The van der Waals surface area contributed by atoms with Crippen LogP contribution in [0.5, 0.6) is 0 Å². The summed E-state index contributed by atoms with van der Waals surface area (Å²) >= 11 is 0. The molecular formula is C18H18N2O3. The lowest BCUT2D eigenvalue weighted by Crippen LogP contribution is -2.38. The van der Waals surface area contributed by atoms with Gasteiger partial charge in [0.1, 0.15) is 0 Å². The second-order valence-electron chi connectivity index (χ2n) is 5.64. The van der Waals surface area contributed by atoms with Gasteiger partial charge in [-0.2, -0.15) is 0 Å². The SMILES string of the molecule is O=C(O)Cc1ccc(NC(=O)N2CCc3ccccc3C2)cc1. The van der Waals surface area contributed by atoms with Gasteiger partial charge in [0, 0.05) is 18.8 Å². The molecule has 0 aromatic heterocycles. The number of fused-ring (bicyclic) bond motifs is 1. The van der Waals surface area contributed by atoms with Crippen LogP contribution in [0.4, 0.5) is 10.5 Å². The van der Waals surface area contributed by atoms with Crippen molar-refractivity contribution in [2.45, 2.75) is 19.4 Å². The van der Waals surface area contributed by atoms with Crippen LogP contribution in [-0.2, 0) is 24.2 Å². The minimum absolute atomic E-state index is 0.0167. The van der Waals surface area contributed by atoms with Crippen LogP contribution in [0.15, 0.2) is 48.5 Å². The summed E-state index contributed by atoms with van der Waals surface area (Å²) in [4.78, 5) is 24.8. The van der Waals surface area contributed by atoms with Gasteiger partial charge in [0.25, 0.3) is 0 Å². The van der Waals surface area contributed by atoms with E-state index in [1.54, 1.807) is 29.2 Å². The van der Waals surface area contributed by atoms with Crippen LogP contribution in [0.3, 0.4) is 0 Å². The van der Waals surface area contributed by atoms with Crippen molar-refractivity contribution >= 4 is 17.7 Å². The number of benzene rings is 2. The van der Waals surface area contributed by atoms with Gasteiger partial charge in [-0.15, -0.1) is 0 Å². The van der Waals surface area contributed by atoms with Crippen molar-refractivity contribution in [3.8, 4) is 0 Å². The number of urea groups is 1. The van der Waals surface area contributed by atoms with Crippen molar-refractivity contribution in [2.24, 2.45) is 0 Å². The van der Waals surface area contributed by atoms with Gasteiger partial charge in [-0.25, -0.2) is 4.79 Å². The first-order valence-electron chi connectivity index (χ1n) is 7.55. The normalized spacial score (nSPS) is 13.3. The molecule has 5 heteroatoms. The third-order valence-electron chi connectivity index (χ3n) is 3.98. The van der Waals surface area contributed by atoms with Crippen molar-refractivity contribution in [2.75, 3.05) is 11.9 Å². The van der Waals surface area contributed by atoms with Crippen LogP contribution in [-0.4, -0.2) is 28.6 Å². The van der Waals surface area contributed by atoms with Crippen molar-refractivity contribution in [3.05, 3.63) is 65.2 Å². The fraction of sp³-hybridized carbons (Fsp3) is 0.222. The summed E-state index contributed by atoms with van der Waals surface area (Å²) in [6.45, 7) is 1.30. The standard InChI is InChI=1S/C18H18N2O3/c21-17(22)11-13-5-7-16(8-6-13)19-18(23)20-10-9-14-3-1-2-4-15(14)12-20/h1-8H,9-12H2,(H,19,23)(H,21,22). The summed E-state index contributed by atoms with van der Waals surface area (Å²) in [5.41, 5.74) is 3.87. The number of amides is 2. The van der Waals surface area contributed by atoms with E-state index in [2.05, 4.69) is 17.4 Å². The summed E-state index contributed by atoms with van der Waals surface area (Å²) in [6, 6.07) is 14.9. The Morgan fingerprint density at radius 3 is 2.43 bits per heavy atom. The van der Waals surface area contributed by atoms with Gasteiger partial charge >= 0.3 is 12.0 Å². The lowest BCUT2D eigenvalue weighted by Gasteiger charge is -2.29. The number of carbonyl (C=O) groups is 2. The molecule has 1 aliphatic rings. The molecule has 0 spiro atoms. The molecule has 0 unspecified atom stereocenters. The maximum Gasteiger partial charge on any atom is 0.322 e. The highest BCUT2D eigenvalue weighted by atomic mass is 16.4. The van der Waals surface area contributed by atoms with E-state index in [1.165, 1.54) is 11.1 Å². The van der Waals surface area contributed by atoms with Gasteiger partial charge in [0.2, 0.25) is 0 Å². The number of carboxylic acids is 1. The van der Waals surface area contributed by atoms with Gasteiger partial charge < -0.3 is 15.3 Å². The van der Waals surface area contributed by atoms with Crippen molar-refractivity contribution in [3.63, 3.8) is 0 Å². The zero-order valence-corrected chi connectivity index (χ0v) is 12.7. The Morgan fingerprint density at radius 1 is 1.04 bits per heavy atom.